The third-order valence-electron chi connectivity index (χ3n) is 6.24. The highest BCUT2D eigenvalue weighted by atomic mass is 32.1. The van der Waals surface area contributed by atoms with Crippen LogP contribution in [0, 0.1) is 19.8 Å². The van der Waals surface area contributed by atoms with Crippen molar-refractivity contribution in [3.05, 3.63) is 34.9 Å². The fourth-order valence-corrected chi connectivity index (χ4v) is 4.54. The normalized spacial score (nSPS) is 13.7. The van der Waals surface area contributed by atoms with E-state index in [-0.39, 0.29) is 31.4 Å². The van der Waals surface area contributed by atoms with E-state index in [9.17, 15) is 19.2 Å². The van der Waals surface area contributed by atoms with Crippen LogP contribution in [0.4, 0.5) is 4.79 Å². The second kappa shape index (κ2) is 16.5. The molecule has 0 aliphatic heterocycles. The van der Waals surface area contributed by atoms with Gasteiger partial charge in [-0.25, -0.2) is 4.79 Å². The molecule has 1 aromatic rings. The number of amides is 3. The molecule has 0 saturated carbocycles. The number of nitrogens with zero attached hydrogens (tertiary/aromatic N) is 1. The number of esters is 1. The third-order valence-corrected chi connectivity index (χ3v) is 6.61. The standard InChI is InChI=1S/C30H49N3O6S/c1-10-38-25(34)15-16-31-27(35)26(23-14-12-20(4)17-21(23)5)33(22(6)13-11-19(2)3)28(36)24(18-40)32-29(37)39-30(7,8)9/h12,14,17,19,22,24,26,40H,10-11,13,15-16,18H2,1-9H3,(H,31,35)(H,32,37). The Bertz CT molecular complexity index is 1010. The number of aryl methyl sites for hydroxylation is 2. The molecule has 0 aromatic heterocycles. The molecule has 9 nitrogen and oxygen atoms in total. The van der Waals surface area contributed by atoms with Crippen LogP contribution >= 0.6 is 12.6 Å². The first-order valence-electron chi connectivity index (χ1n) is 14.0. The average Bonchev–Trinajstić information content (AvgIpc) is 2.83. The highest BCUT2D eigenvalue weighted by molar-refractivity contribution is 7.80. The van der Waals surface area contributed by atoms with E-state index in [1.165, 1.54) is 0 Å². The van der Waals surface area contributed by atoms with E-state index in [0.29, 0.717) is 17.9 Å². The highest BCUT2D eigenvalue weighted by Gasteiger charge is 2.39. The topological polar surface area (TPSA) is 114 Å². The summed E-state index contributed by atoms with van der Waals surface area (Å²) in [6.07, 6.45) is 0.749. The number of nitrogens with one attached hydrogen (secondary N) is 2. The summed E-state index contributed by atoms with van der Waals surface area (Å²) in [7, 11) is 0. The zero-order valence-electron chi connectivity index (χ0n) is 25.6. The first kappa shape index (κ1) is 35.3. The quantitative estimate of drug-likeness (QED) is 0.214. The lowest BCUT2D eigenvalue weighted by molar-refractivity contribution is -0.145. The maximum absolute atomic E-state index is 14.2. The maximum Gasteiger partial charge on any atom is 0.408 e. The van der Waals surface area contributed by atoms with Gasteiger partial charge in [0.25, 0.3) is 0 Å². The van der Waals surface area contributed by atoms with E-state index in [1.807, 2.05) is 39.0 Å². The van der Waals surface area contributed by atoms with Crippen molar-refractivity contribution in [2.24, 2.45) is 5.92 Å². The summed E-state index contributed by atoms with van der Waals surface area (Å²) in [5.74, 6) is -0.882. The second-order valence-electron chi connectivity index (χ2n) is 11.6. The lowest BCUT2D eigenvalue weighted by Crippen LogP contribution is -2.56. The van der Waals surface area contributed by atoms with Crippen LogP contribution in [0.2, 0.25) is 0 Å². The van der Waals surface area contributed by atoms with E-state index in [1.54, 1.807) is 32.6 Å². The molecule has 1 rings (SSSR count). The lowest BCUT2D eigenvalue weighted by Gasteiger charge is -2.39. The second-order valence-corrected chi connectivity index (χ2v) is 11.9. The Morgan fingerprint density at radius 3 is 2.23 bits per heavy atom. The average molecular weight is 580 g/mol. The summed E-state index contributed by atoms with van der Waals surface area (Å²) in [5, 5.41) is 5.47. The van der Waals surface area contributed by atoms with Crippen molar-refractivity contribution in [1.82, 2.24) is 15.5 Å². The summed E-state index contributed by atoms with van der Waals surface area (Å²) in [5.41, 5.74) is 1.79. The fraction of sp³-hybridized carbons (Fsp3) is 0.667. The fourth-order valence-electron chi connectivity index (χ4n) is 4.30. The molecular weight excluding hydrogens is 530 g/mol. The predicted molar refractivity (Wildman–Crippen MR) is 160 cm³/mol. The van der Waals surface area contributed by atoms with Crippen LogP contribution < -0.4 is 10.6 Å². The third kappa shape index (κ3) is 11.8. The molecular formula is C30H49N3O6S. The number of benzene rings is 1. The van der Waals surface area contributed by atoms with Crippen LogP contribution in [0.5, 0.6) is 0 Å². The van der Waals surface area contributed by atoms with Gasteiger partial charge in [0.15, 0.2) is 0 Å². The van der Waals surface area contributed by atoms with Crippen molar-refractivity contribution in [3.8, 4) is 0 Å². The number of ether oxygens (including phenoxy) is 2. The Hall–Kier alpha value is -2.75. The zero-order chi connectivity index (χ0) is 30.6. The molecule has 0 heterocycles. The summed E-state index contributed by atoms with van der Waals surface area (Å²) in [6, 6.07) is 3.34. The van der Waals surface area contributed by atoms with E-state index < -0.39 is 41.6 Å². The van der Waals surface area contributed by atoms with Crippen LogP contribution in [0.3, 0.4) is 0 Å². The van der Waals surface area contributed by atoms with Gasteiger partial charge in [-0.1, -0.05) is 37.6 Å². The predicted octanol–water partition coefficient (Wildman–Crippen LogP) is 4.89. The van der Waals surface area contributed by atoms with E-state index in [2.05, 4.69) is 37.1 Å². The van der Waals surface area contributed by atoms with Gasteiger partial charge in [0.05, 0.1) is 13.0 Å². The number of carbonyl (C=O) groups is 4. The summed E-state index contributed by atoms with van der Waals surface area (Å²) in [6.45, 7) is 17.2. The van der Waals surface area contributed by atoms with Gasteiger partial charge in [-0.05, 0) is 78.4 Å². The van der Waals surface area contributed by atoms with Crippen molar-refractivity contribution in [2.75, 3.05) is 18.9 Å². The van der Waals surface area contributed by atoms with Gasteiger partial charge in [-0.15, -0.1) is 0 Å². The zero-order valence-corrected chi connectivity index (χ0v) is 26.5. The number of hydrogen-bond donors (Lipinski definition) is 3. The number of hydrogen-bond acceptors (Lipinski definition) is 7. The summed E-state index contributed by atoms with van der Waals surface area (Å²) < 4.78 is 10.4. The van der Waals surface area contributed by atoms with Crippen LogP contribution in [-0.2, 0) is 23.9 Å². The number of carbonyl (C=O) groups excluding carboxylic acids is 4. The number of rotatable bonds is 14. The highest BCUT2D eigenvalue weighted by Crippen LogP contribution is 2.30. The number of alkyl carbamates (subject to hydrolysis) is 1. The summed E-state index contributed by atoms with van der Waals surface area (Å²) >= 11 is 4.36. The minimum atomic E-state index is -1.03. The van der Waals surface area contributed by atoms with Crippen LogP contribution in [0.15, 0.2) is 18.2 Å². The Balaban J connectivity index is 3.53. The molecule has 2 N–H and O–H groups in total. The van der Waals surface area contributed by atoms with Crippen molar-refractivity contribution < 1.29 is 28.7 Å². The molecule has 1 aromatic carbocycles. The molecule has 10 heteroatoms. The van der Waals surface area contributed by atoms with Gasteiger partial charge in [0.1, 0.15) is 17.7 Å². The van der Waals surface area contributed by atoms with E-state index >= 15 is 0 Å². The lowest BCUT2D eigenvalue weighted by atomic mass is 9.94. The van der Waals surface area contributed by atoms with Gasteiger partial charge in [0.2, 0.25) is 11.8 Å². The minimum Gasteiger partial charge on any atom is -0.466 e. The van der Waals surface area contributed by atoms with Crippen LogP contribution in [-0.4, -0.2) is 65.4 Å². The summed E-state index contributed by atoms with van der Waals surface area (Å²) in [4.78, 5) is 54.1. The molecule has 0 aliphatic carbocycles. The van der Waals surface area contributed by atoms with Gasteiger partial charge >= 0.3 is 12.1 Å². The Morgan fingerprint density at radius 1 is 1.05 bits per heavy atom. The monoisotopic (exact) mass is 579 g/mol. The maximum atomic E-state index is 14.2. The molecule has 0 saturated heterocycles. The Morgan fingerprint density at radius 2 is 1.70 bits per heavy atom. The van der Waals surface area contributed by atoms with Crippen molar-refractivity contribution >= 4 is 36.5 Å². The Labute approximate surface area is 245 Å². The molecule has 0 radical (unpaired) electrons. The van der Waals surface area contributed by atoms with Crippen molar-refractivity contribution in [2.45, 2.75) is 105 Å². The van der Waals surface area contributed by atoms with Crippen LogP contribution in [0.25, 0.3) is 0 Å². The molecule has 3 atom stereocenters. The Kier molecular flexibility index (Phi) is 14.6. The molecule has 226 valence electrons. The molecule has 0 aliphatic rings. The smallest absolute Gasteiger partial charge is 0.408 e. The molecule has 0 bridgehead atoms. The van der Waals surface area contributed by atoms with Gasteiger partial charge in [-0.3, -0.25) is 14.4 Å². The molecule has 0 spiro atoms. The van der Waals surface area contributed by atoms with Crippen molar-refractivity contribution in [3.63, 3.8) is 0 Å². The molecule has 3 unspecified atom stereocenters. The van der Waals surface area contributed by atoms with E-state index in [0.717, 1.165) is 17.5 Å². The largest absolute Gasteiger partial charge is 0.466 e. The van der Waals surface area contributed by atoms with Gasteiger partial charge in [-0.2, -0.15) is 12.6 Å². The van der Waals surface area contributed by atoms with Gasteiger partial charge in [0, 0.05) is 18.3 Å². The SMILES string of the molecule is CCOC(=O)CCNC(=O)C(c1ccc(C)cc1C)N(C(=O)C(CS)NC(=O)OC(C)(C)C)C(C)CCC(C)C. The van der Waals surface area contributed by atoms with Gasteiger partial charge < -0.3 is 25.0 Å². The van der Waals surface area contributed by atoms with Crippen LogP contribution in [0.1, 0.15) is 90.5 Å². The van der Waals surface area contributed by atoms with Crippen molar-refractivity contribution in [1.29, 1.82) is 0 Å². The molecule has 40 heavy (non-hydrogen) atoms. The first-order chi connectivity index (χ1) is 18.6. The van der Waals surface area contributed by atoms with E-state index in [4.69, 9.17) is 9.47 Å². The molecule has 0 fully saturated rings. The number of thiol groups is 1. The minimum absolute atomic E-state index is 0.00942. The molecule has 3 amide bonds. The first-order valence-corrected chi connectivity index (χ1v) is 14.7.